The minimum atomic E-state index is -0.764. The minimum absolute atomic E-state index is 0.117. The smallest absolute Gasteiger partial charge is 0.330 e. The molecule has 0 aliphatic rings. The van der Waals surface area contributed by atoms with Gasteiger partial charge >= 0.3 is 5.69 Å². The number of H-pyrrole nitrogens is 2. The van der Waals surface area contributed by atoms with E-state index in [-0.39, 0.29) is 34.5 Å². The molecule has 4 rings (SSSR count). The number of nitrogens with zero attached hydrogens (tertiary/aromatic N) is 3. The van der Waals surface area contributed by atoms with Gasteiger partial charge in [-0.15, -0.1) is 0 Å². The van der Waals surface area contributed by atoms with Crippen LogP contribution in [0, 0.1) is 0 Å². The quantitative estimate of drug-likeness (QED) is 0.286. The Hall–Kier alpha value is -4.12. The molecule has 0 radical (unpaired) electrons. The molecule has 0 atom stereocenters. The van der Waals surface area contributed by atoms with Crippen molar-refractivity contribution in [3.05, 3.63) is 91.4 Å². The first-order chi connectivity index (χ1) is 15.8. The van der Waals surface area contributed by atoms with Gasteiger partial charge in [0, 0.05) is 7.05 Å². The highest BCUT2D eigenvalue weighted by Crippen LogP contribution is 2.20. The molecular weight excluding hydrogens is 444 g/mol. The molecule has 0 aliphatic carbocycles. The molecule has 4 aromatic rings. The van der Waals surface area contributed by atoms with Crippen molar-refractivity contribution in [3.8, 4) is 0 Å². The van der Waals surface area contributed by atoms with Crippen molar-refractivity contribution >= 4 is 40.1 Å². The van der Waals surface area contributed by atoms with Gasteiger partial charge in [-0.25, -0.2) is 9.78 Å². The Balaban J connectivity index is 1.57. The summed E-state index contributed by atoms with van der Waals surface area (Å²) in [5.41, 5.74) is 5.59. The Morgan fingerprint density at radius 1 is 1.03 bits per heavy atom. The van der Waals surface area contributed by atoms with Gasteiger partial charge in [0.05, 0.1) is 23.2 Å². The molecule has 0 saturated carbocycles. The molecule has 1 amide bonds. The van der Waals surface area contributed by atoms with Crippen molar-refractivity contribution in [2.75, 3.05) is 23.4 Å². The molecule has 10 nitrogen and oxygen atoms in total. The monoisotopic (exact) mass is 464 g/mol. The average Bonchev–Trinajstić information content (AvgIpc) is 2.80. The summed E-state index contributed by atoms with van der Waals surface area (Å²) in [6.45, 7) is 0.133. The molecule has 2 heterocycles. The summed E-state index contributed by atoms with van der Waals surface area (Å²) < 4.78 is 1.20. The van der Waals surface area contributed by atoms with Crippen LogP contribution in [0.5, 0.6) is 0 Å². The van der Waals surface area contributed by atoms with Crippen LogP contribution in [0.3, 0.4) is 0 Å². The summed E-state index contributed by atoms with van der Waals surface area (Å²) >= 11 is 1.02. The van der Waals surface area contributed by atoms with Crippen molar-refractivity contribution in [1.82, 2.24) is 19.5 Å². The predicted octanol–water partition coefficient (Wildman–Crippen LogP) is 1.16. The molecule has 0 bridgehead atoms. The Kier molecular flexibility index (Phi) is 6.13. The Labute approximate surface area is 191 Å². The molecule has 0 unspecified atom stereocenters. The Morgan fingerprint density at radius 2 is 1.73 bits per heavy atom. The molecule has 2 aromatic carbocycles. The molecule has 0 spiro atoms. The molecule has 0 saturated heterocycles. The van der Waals surface area contributed by atoms with Crippen LogP contribution < -0.4 is 27.4 Å². The van der Waals surface area contributed by atoms with Crippen molar-refractivity contribution in [2.45, 2.75) is 11.7 Å². The number of hydrogen-bond acceptors (Lipinski definition) is 7. The van der Waals surface area contributed by atoms with E-state index in [0.717, 1.165) is 22.2 Å². The second-order valence-electron chi connectivity index (χ2n) is 7.19. The molecule has 11 heteroatoms. The number of rotatable bonds is 6. The molecule has 0 fully saturated rings. The fraction of sp³-hybridized carbons (Fsp3) is 0.136. The van der Waals surface area contributed by atoms with Gasteiger partial charge in [0.25, 0.3) is 11.1 Å². The second-order valence-corrected chi connectivity index (χ2v) is 8.16. The number of aromatic nitrogens is 4. The van der Waals surface area contributed by atoms with Crippen LogP contribution in [0.2, 0.25) is 0 Å². The molecule has 33 heavy (non-hydrogen) atoms. The highest BCUT2D eigenvalue weighted by Gasteiger charge is 2.21. The summed E-state index contributed by atoms with van der Waals surface area (Å²) in [6.07, 6.45) is 0. The zero-order valence-electron chi connectivity index (χ0n) is 17.6. The third kappa shape index (κ3) is 4.58. The number of nitrogens with one attached hydrogen (secondary N) is 2. The summed E-state index contributed by atoms with van der Waals surface area (Å²) in [5.74, 6) is -0.697. The summed E-state index contributed by atoms with van der Waals surface area (Å²) in [5, 5.41) is 0.724. The molecule has 168 valence electrons. The third-order valence-corrected chi connectivity index (χ3v) is 5.89. The SMILES string of the molecule is CN(C(=O)CSc1nc2ccccc2c(=O)[nH]1)c1c(N)n(Cc2ccccc2)c(=O)[nH]c1=O. The molecule has 0 aliphatic heterocycles. The summed E-state index contributed by atoms with van der Waals surface area (Å²) in [4.78, 5) is 60.1. The third-order valence-electron chi connectivity index (χ3n) is 5.03. The van der Waals surface area contributed by atoms with Gasteiger partial charge < -0.3 is 15.6 Å². The zero-order valence-corrected chi connectivity index (χ0v) is 18.4. The zero-order chi connectivity index (χ0) is 23.5. The first-order valence-corrected chi connectivity index (χ1v) is 10.9. The van der Waals surface area contributed by atoms with Crippen LogP contribution in [-0.2, 0) is 11.3 Å². The highest BCUT2D eigenvalue weighted by molar-refractivity contribution is 7.99. The fourth-order valence-electron chi connectivity index (χ4n) is 3.31. The molecule has 4 N–H and O–H groups in total. The van der Waals surface area contributed by atoms with Gasteiger partial charge in [-0.2, -0.15) is 0 Å². The van der Waals surface area contributed by atoms with Crippen LogP contribution >= 0.6 is 11.8 Å². The first kappa shape index (κ1) is 22.1. The van der Waals surface area contributed by atoms with E-state index in [1.165, 1.54) is 11.6 Å². The lowest BCUT2D eigenvalue weighted by Crippen LogP contribution is -2.40. The van der Waals surface area contributed by atoms with Crippen molar-refractivity contribution in [3.63, 3.8) is 0 Å². The number of para-hydroxylation sites is 1. The lowest BCUT2D eigenvalue weighted by molar-refractivity contribution is -0.115. The Bertz CT molecular complexity index is 1510. The normalized spacial score (nSPS) is 10.9. The van der Waals surface area contributed by atoms with Gasteiger partial charge in [-0.05, 0) is 17.7 Å². The lowest BCUT2D eigenvalue weighted by atomic mass is 10.2. The van der Waals surface area contributed by atoms with Gasteiger partial charge in [-0.3, -0.25) is 23.9 Å². The number of nitrogens with two attached hydrogens (primary N) is 1. The largest absolute Gasteiger partial charge is 0.383 e. The maximum atomic E-state index is 12.8. The summed E-state index contributed by atoms with van der Waals surface area (Å²) in [6, 6.07) is 16.0. The summed E-state index contributed by atoms with van der Waals surface area (Å²) in [7, 11) is 1.40. The van der Waals surface area contributed by atoms with E-state index in [2.05, 4.69) is 15.0 Å². The van der Waals surface area contributed by atoms with Crippen LogP contribution in [0.1, 0.15) is 5.56 Å². The number of aromatic amines is 2. The second kappa shape index (κ2) is 9.17. The van der Waals surface area contributed by atoms with E-state index in [1.807, 2.05) is 30.3 Å². The Morgan fingerprint density at radius 3 is 2.48 bits per heavy atom. The van der Waals surface area contributed by atoms with E-state index < -0.39 is 17.2 Å². The number of carbonyl (C=O) groups is 1. The van der Waals surface area contributed by atoms with Gasteiger partial charge in [0.2, 0.25) is 5.91 Å². The van der Waals surface area contributed by atoms with Gasteiger partial charge in [-0.1, -0.05) is 54.2 Å². The lowest BCUT2D eigenvalue weighted by Gasteiger charge is -2.20. The van der Waals surface area contributed by atoms with Crippen LogP contribution in [0.25, 0.3) is 10.9 Å². The number of thioether (sulfide) groups is 1. The number of hydrogen-bond donors (Lipinski definition) is 3. The predicted molar refractivity (Wildman–Crippen MR) is 128 cm³/mol. The van der Waals surface area contributed by atoms with Crippen LogP contribution in [0.15, 0.2) is 74.1 Å². The van der Waals surface area contributed by atoms with Crippen LogP contribution in [-0.4, -0.2) is 38.2 Å². The van der Waals surface area contributed by atoms with Crippen molar-refractivity contribution in [1.29, 1.82) is 0 Å². The van der Waals surface area contributed by atoms with Crippen molar-refractivity contribution < 1.29 is 4.79 Å². The molecule has 2 aromatic heterocycles. The highest BCUT2D eigenvalue weighted by atomic mass is 32.2. The van der Waals surface area contributed by atoms with Crippen molar-refractivity contribution in [2.24, 2.45) is 0 Å². The standard InChI is InChI=1S/C22H20N6O4S/c1-27(16(29)12-33-21-24-15-10-6-5-9-14(15)19(30)25-21)17-18(23)28(22(32)26-20(17)31)11-13-7-3-2-4-8-13/h2-10H,11-12,23H2,1H3,(H,24,25,30)(H,26,31,32). The minimum Gasteiger partial charge on any atom is -0.383 e. The van der Waals surface area contributed by atoms with Crippen LogP contribution in [0.4, 0.5) is 11.5 Å². The average molecular weight is 465 g/mol. The number of amides is 1. The van der Waals surface area contributed by atoms with E-state index in [4.69, 9.17) is 5.73 Å². The molecular formula is C22H20N6O4S. The number of nitrogen functional groups attached to an aromatic ring is 1. The van der Waals surface area contributed by atoms with Gasteiger partial charge in [0.15, 0.2) is 10.8 Å². The maximum absolute atomic E-state index is 12.8. The van der Waals surface area contributed by atoms with E-state index >= 15 is 0 Å². The van der Waals surface area contributed by atoms with E-state index in [0.29, 0.717) is 10.9 Å². The number of carbonyl (C=O) groups excluding carboxylic acids is 1. The number of anilines is 2. The topological polar surface area (TPSA) is 147 Å². The number of fused-ring (bicyclic) bond motifs is 1. The van der Waals surface area contributed by atoms with E-state index in [9.17, 15) is 19.2 Å². The van der Waals surface area contributed by atoms with E-state index in [1.54, 1.807) is 24.3 Å². The number of benzene rings is 2. The maximum Gasteiger partial charge on any atom is 0.330 e. The first-order valence-electron chi connectivity index (χ1n) is 9.90. The fourth-order valence-corrected chi connectivity index (χ4v) is 4.09. The van der Waals surface area contributed by atoms with Gasteiger partial charge in [0.1, 0.15) is 5.82 Å².